The van der Waals surface area contributed by atoms with Crippen LogP contribution in [0.4, 0.5) is 0 Å². The molecule has 0 spiro atoms. The van der Waals surface area contributed by atoms with E-state index in [4.69, 9.17) is 5.11 Å². The molecule has 1 amide bonds. The van der Waals surface area contributed by atoms with Gasteiger partial charge in [0.1, 0.15) is 0 Å². The van der Waals surface area contributed by atoms with E-state index in [1.54, 1.807) is 0 Å². The molecule has 0 saturated heterocycles. The Kier molecular flexibility index (Phi) is 8.06. The third-order valence-electron chi connectivity index (χ3n) is 5.78. The van der Waals surface area contributed by atoms with Gasteiger partial charge in [-0.2, -0.15) is 0 Å². The van der Waals surface area contributed by atoms with Gasteiger partial charge in [0.05, 0.1) is 6.42 Å². The number of carbonyl (C=O) groups excluding carboxylic acids is 1. The second kappa shape index (κ2) is 11.0. The number of carbonyl (C=O) groups is 2. The van der Waals surface area contributed by atoms with Crippen LogP contribution < -0.4 is 5.32 Å². The first-order valence-corrected chi connectivity index (χ1v) is 11.2. The Balaban J connectivity index is 1.55. The highest BCUT2D eigenvalue weighted by Gasteiger charge is 2.09. The standard InChI is InChI=1S/C26H33N3O3/c1-4-20-13-19(5-8-21(20)15-26(31)32)16-28-25(30)10-7-18-6-9-24-23(14-18)22(17-27-24)11-12-29(2)3/h5-6,8-9,13-14,17,27H,4,7,10-12,15-16H2,1-3H3,(H,28,30)(H,31,32). The molecule has 3 rings (SSSR count). The van der Waals surface area contributed by atoms with E-state index >= 15 is 0 Å². The van der Waals surface area contributed by atoms with Gasteiger partial charge < -0.3 is 20.3 Å². The molecule has 0 aliphatic heterocycles. The van der Waals surface area contributed by atoms with Crippen molar-refractivity contribution in [3.63, 3.8) is 0 Å². The Hall–Kier alpha value is -3.12. The average molecular weight is 436 g/mol. The van der Waals surface area contributed by atoms with Crippen molar-refractivity contribution in [2.75, 3.05) is 20.6 Å². The summed E-state index contributed by atoms with van der Waals surface area (Å²) in [5.41, 5.74) is 6.43. The number of amides is 1. The number of nitrogens with zero attached hydrogens (tertiary/aromatic N) is 1. The zero-order valence-corrected chi connectivity index (χ0v) is 19.2. The highest BCUT2D eigenvalue weighted by atomic mass is 16.4. The first kappa shape index (κ1) is 23.5. The summed E-state index contributed by atoms with van der Waals surface area (Å²) in [5.74, 6) is -0.817. The van der Waals surface area contributed by atoms with Gasteiger partial charge in [-0.25, -0.2) is 0 Å². The zero-order valence-electron chi connectivity index (χ0n) is 19.2. The normalized spacial score (nSPS) is 11.2. The topological polar surface area (TPSA) is 85.4 Å². The molecule has 32 heavy (non-hydrogen) atoms. The van der Waals surface area contributed by atoms with Gasteiger partial charge in [-0.15, -0.1) is 0 Å². The highest BCUT2D eigenvalue weighted by molar-refractivity contribution is 5.84. The van der Waals surface area contributed by atoms with Crippen LogP contribution in [0.15, 0.2) is 42.6 Å². The summed E-state index contributed by atoms with van der Waals surface area (Å²) in [7, 11) is 4.15. The summed E-state index contributed by atoms with van der Waals surface area (Å²) in [5, 5.41) is 13.3. The van der Waals surface area contributed by atoms with Gasteiger partial charge in [0.25, 0.3) is 0 Å². The molecule has 0 atom stereocenters. The maximum absolute atomic E-state index is 12.4. The molecule has 6 heteroatoms. The molecular weight excluding hydrogens is 402 g/mol. The van der Waals surface area contributed by atoms with E-state index in [1.807, 2.05) is 25.1 Å². The first-order chi connectivity index (χ1) is 15.4. The van der Waals surface area contributed by atoms with Gasteiger partial charge in [-0.05, 0) is 73.3 Å². The summed E-state index contributed by atoms with van der Waals surface area (Å²) in [6.07, 6.45) is 4.98. The van der Waals surface area contributed by atoms with Crippen LogP contribution in [0.3, 0.4) is 0 Å². The van der Waals surface area contributed by atoms with Crippen molar-refractivity contribution in [3.05, 3.63) is 70.4 Å². The van der Waals surface area contributed by atoms with Crippen molar-refractivity contribution in [1.29, 1.82) is 0 Å². The summed E-state index contributed by atoms with van der Waals surface area (Å²) >= 11 is 0. The number of benzene rings is 2. The monoisotopic (exact) mass is 435 g/mol. The van der Waals surface area contributed by atoms with Crippen molar-refractivity contribution >= 4 is 22.8 Å². The van der Waals surface area contributed by atoms with Crippen molar-refractivity contribution in [1.82, 2.24) is 15.2 Å². The van der Waals surface area contributed by atoms with Crippen LogP contribution in [-0.4, -0.2) is 47.5 Å². The third-order valence-corrected chi connectivity index (χ3v) is 5.78. The smallest absolute Gasteiger partial charge is 0.307 e. The molecule has 3 N–H and O–H groups in total. The van der Waals surface area contributed by atoms with Crippen molar-refractivity contribution in [3.8, 4) is 0 Å². The predicted molar refractivity (Wildman–Crippen MR) is 128 cm³/mol. The third kappa shape index (κ3) is 6.44. The fourth-order valence-corrected chi connectivity index (χ4v) is 3.93. The van der Waals surface area contributed by atoms with E-state index < -0.39 is 5.97 Å². The molecule has 6 nitrogen and oxygen atoms in total. The molecule has 1 heterocycles. The van der Waals surface area contributed by atoms with Crippen LogP contribution in [0.1, 0.15) is 41.2 Å². The molecule has 0 fully saturated rings. The molecule has 3 aromatic rings. The second-order valence-electron chi connectivity index (χ2n) is 8.55. The lowest BCUT2D eigenvalue weighted by molar-refractivity contribution is -0.136. The van der Waals surface area contributed by atoms with Crippen LogP contribution in [0.25, 0.3) is 10.9 Å². The van der Waals surface area contributed by atoms with Gasteiger partial charge in [-0.3, -0.25) is 9.59 Å². The molecule has 170 valence electrons. The zero-order chi connectivity index (χ0) is 23.1. The highest BCUT2D eigenvalue weighted by Crippen LogP contribution is 2.21. The van der Waals surface area contributed by atoms with Gasteiger partial charge in [0, 0.05) is 36.6 Å². The Labute approximate surface area is 189 Å². The molecule has 1 aromatic heterocycles. The van der Waals surface area contributed by atoms with Gasteiger partial charge >= 0.3 is 5.97 Å². The molecule has 0 bridgehead atoms. The van der Waals surface area contributed by atoms with Gasteiger partial charge in [-0.1, -0.05) is 31.2 Å². The molecule has 2 aromatic carbocycles. The minimum absolute atomic E-state index is 0.0136. The van der Waals surface area contributed by atoms with Crippen LogP contribution >= 0.6 is 0 Å². The number of aromatic amines is 1. The minimum Gasteiger partial charge on any atom is -0.481 e. The van der Waals surface area contributed by atoms with Crippen molar-refractivity contribution in [2.45, 2.75) is 45.6 Å². The maximum atomic E-state index is 12.4. The average Bonchev–Trinajstić information content (AvgIpc) is 3.17. The largest absolute Gasteiger partial charge is 0.481 e. The first-order valence-electron chi connectivity index (χ1n) is 11.2. The van der Waals surface area contributed by atoms with Crippen molar-refractivity contribution in [2.24, 2.45) is 0 Å². The molecule has 0 unspecified atom stereocenters. The van der Waals surface area contributed by atoms with E-state index in [9.17, 15) is 9.59 Å². The number of aliphatic carboxylic acids is 1. The minimum atomic E-state index is -0.830. The van der Waals surface area contributed by atoms with Crippen LogP contribution in [0, 0.1) is 0 Å². The van der Waals surface area contributed by atoms with E-state index in [1.165, 1.54) is 10.9 Å². The molecule has 0 aliphatic rings. The predicted octanol–water partition coefficient (Wildman–Crippen LogP) is 3.71. The quantitative estimate of drug-likeness (QED) is 0.429. The van der Waals surface area contributed by atoms with Crippen LogP contribution in [0.2, 0.25) is 0 Å². The summed E-state index contributed by atoms with van der Waals surface area (Å²) in [4.78, 5) is 28.9. The Morgan fingerprint density at radius 1 is 1.00 bits per heavy atom. The van der Waals surface area contributed by atoms with Crippen LogP contribution in [-0.2, 0) is 41.8 Å². The molecular formula is C26H33N3O3. The maximum Gasteiger partial charge on any atom is 0.307 e. The van der Waals surface area contributed by atoms with E-state index in [0.717, 1.165) is 47.2 Å². The molecule has 0 radical (unpaired) electrons. The van der Waals surface area contributed by atoms with Crippen molar-refractivity contribution < 1.29 is 14.7 Å². The van der Waals surface area contributed by atoms with Gasteiger partial charge in [0.15, 0.2) is 0 Å². The number of carboxylic acid groups (broad SMARTS) is 1. The second-order valence-corrected chi connectivity index (χ2v) is 8.55. The number of hydrogen-bond acceptors (Lipinski definition) is 3. The fraction of sp³-hybridized carbons (Fsp3) is 0.385. The lowest BCUT2D eigenvalue weighted by Crippen LogP contribution is -2.23. The number of fused-ring (bicyclic) bond motifs is 1. The van der Waals surface area contributed by atoms with E-state index in [-0.39, 0.29) is 12.3 Å². The van der Waals surface area contributed by atoms with Gasteiger partial charge in [0.2, 0.25) is 5.91 Å². The number of H-pyrrole nitrogens is 1. The SMILES string of the molecule is CCc1cc(CNC(=O)CCc2ccc3[nH]cc(CCN(C)C)c3c2)ccc1CC(=O)O. The van der Waals surface area contributed by atoms with E-state index in [2.05, 4.69) is 53.7 Å². The summed E-state index contributed by atoms with van der Waals surface area (Å²) < 4.78 is 0. The Bertz CT molecular complexity index is 1090. The summed E-state index contributed by atoms with van der Waals surface area (Å²) in [6.45, 7) is 3.46. The number of nitrogens with one attached hydrogen (secondary N) is 2. The number of aryl methyl sites for hydroxylation is 2. The Morgan fingerprint density at radius 2 is 1.78 bits per heavy atom. The number of hydrogen-bond donors (Lipinski definition) is 3. The lowest BCUT2D eigenvalue weighted by Gasteiger charge is -2.10. The van der Waals surface area contributed by atoms with Crippen LogP contribution in [0.5, 0.6) is 0 Å². The fourth-order valence-electron chi connectivity index (χ4n) is 3.93. The van der Waals surface area contributed by atoms with E-state index in [0.29, 0.717) is 19.4 Å². The lowest BCUT2D eigenvalue weighted by atomic mass is 9.99. The number of aromatic nitrogens is 1. The molecule has 0 aliphatic carbocycles. The summed E-state index contributed by atoms with van der Waals surface area (Å²) in [6, 6.07) is 12.1. The number of likely N-dealkylation sites (N-methyl/N-ethyl adjacent to an activating group) is 1. The Morgan fingerprint density at radius 3 is 2.50 bits per heavy atom. The molecule has 0 saturated carbocycles. The number of carboxylic acids is 1. The number of rotatable bonds is 11.